The Labute approximate surface area is 220 Å². The third-order valence-corrected chi connectivity index (χ3v) is 7.35. The fourth-order valence-corrected chi connectivity index (χ4v) is 4.93. The normalized spacial score (nSPS) is 12.2. The summed E-state index contributed by atoms with van der Waals surface area (Å²) in [6, 6.07) is 8.33. The molecule has 34 heavy (non-hydrogen) atoms. The molecule has 0 saturated heterocycles. The van der Waals surface area contributed by atoms with E-state index in [2.05, 4.69) is 5.32 Å². The van der Waals surface area contributed by atoms with E-state index in [4.69, 9.17) is 46.4 Å². The van der Waals surface area contributed by atoms with Crippen LogP contribution in [0.1, 0.15) is 25.8 Å². The number of carbonyl (C=O) groups is 2. The van der Waals surface area contributed by atoms with Gasteiger partial charge in [0.2, 0.25) is 21.8 Å². The number of rotatable bonds is 10. The van der Waals surface area contributed by atoms with Crippen LogP contribution in [0.3, 0.4) is 0 Å². The van der Waals surface area contributed by atoms with Crippen molar-refractivity contribution in [3.63, 3.8) is 0 Å². The van der Waals surface area contributed by atoms with Crippen molar-refractivity contribution in [2.75, 3.05) is 23.7 Å². The largest absolute Gasteiger partial charge is 0.355 e. The SMILES string of the molecule is CCNC(=O)[C@@H](CC)N(Cc1ccc(Cl)c(Cl)c1)C(=O)CN(c1cc(Cl)ccc1Cl)S(C)(=O)=O. The molecule has 186 valence electrons. The molecule has 1 atom stereocenters. The van der Waals surface area contributed by atoms with Crippen LogP contribution < -0.4 is 9.62 Å². The van der Waals surface area contributed by atoms with Gasteiger partial charge in [0.25, 0.3) is 0 Å². The monoisotopic (exact) mass is 567 g/mol. The number of benzene rings is 2. The molecule has 0 aromatic heterocycles. The van der Waals surface area contributed by atoms with E-state index >= 15 is 0 Å². The van der Waals surface area contributed by atoms with Crippen LogP contribution in [0.25, 0.3) is 0 Å². The highest BCUT2D eigenvalue weighted by atomic mass is 35.5. The average molecular weight is 569 g/mol. The molecular formula is C22H25Cl4N3O4S. The predicted octanol–water partition coefficient (Wildman–Crippen LogP) is 5.01. The quantitative estimate of drug-likeness (QED) is 0.436. The van der Waals surface area contributed by atoms with Crippen molar-refractivity contribution in [2.45, 2.75) is 32.9 Å². The summed E-state index contributed by atoms with van der Waals surface area (Å²) in [6.45, 7) is 3.32. The number of nitrogens with one attached hydrogen (secondary N) is 1. The molecular weight excluding hydrogens is 544 g/mol. The molecule has 0 bridgehead atoms. The maximum atomic E-state index is 13.5. The Morgan fingerprint density at radius 3 is 2.18 bits per heavy atom. The second-order valence-electron chi connectivity index (χ2n) is 7.45. The van der Waals surface area contributed by atoms with Gasteiger partial charge in [-0.25, -0.2) is 8.42 Å². The molecule has 0 radical (unpaired) electrons. The van der Waals surface area contributed by atoms with E-state index in [-0.39, 0.29) is 28.2 Å². The number of likely N-dealkylation sites (N-methyl/N-ethyl adjacent to an activating group) is 1. The van der Waals surface area contributed by atoms with E-state index in [1.807, 2.05) is 0 Å². The number of nitrogens with zero attached hydrogens (tertiary/aromatic N) is 2. The first kappa shape index (κ1) is 28.5. The fourth-order valence-electron chi connectivity index (χ4n) is 3.32. The minimum Gasteiger partial charge on any atom is -0.355 e. The average Bonchev–Trinajstić information content (AvgIpc) is 2.75. The fraction of sp³-hybridized carbons (Fsp3) is 0.364. The highest BCUT2D eigenvalue weighted by Crippen LogP contribution is 2.31. The molecule has 0 fully saturated rings. The number of hydrogen-bond acceptors (Lipinski definition) is 4. The summed E-state index contributed by atoms with van der Waals surface area (Å²) in [6.07, 6.45) is 1.26. The Bertz CT molecular complexity index is 1160. The third-order valence-electron chi connectivity index (χ3n) is 4.93. The Hall–Kier alpha value is -1.71. The molecule has 0 saturated carbocycles. The van der Waals surface area contributed by atoms with Gasteiger partial charge in [-0.15, -0.1) is 0 Å². The molecule has 1 N–H and O–H groups in total. The van der Waals surface area contributed by atoms with Crippen LogP contribution in [0.5, 0.6) is 0 Å². The zero-order valence-corrected chi connectivity index (χ0v) is 22.7. The van der Waals surface area contributed by atoms with Crippen molar-refractivity contribution in [3.05, 3.63) is 62.1 Å². The number of hydrogen-bond donors (Lipinski definition) is 1. The van der Waals surface area contributed by atoms with E-state index in [9.17, 15) is 18.0 Å². The zero-order valence-electron chi connectivity index (χ0n) is 18.8. The smallest absolute Gasteiger partial charge is 0.244 e. The number of sulfonamides is 1. The van der Waals surface area contributed by atoms with Crippen LogP contribution >= 0.6 is 46.4 Å². The van der Waals surface area contributed by atoms with E-state index in [0.29, 0.717) is 28.6 Å². The number of halogens is 4. The van der Waals surface area contributed by atoms with Gasteiger partial charge in [0, 0.05) is 18.1 Å². The maximum absolute atomic E-state index is 13.5. The summed E-state index contributed by atoms with van der Waals surface area (Å²) in [4.78, 5) is 27.6. The van der Waals surface area contributed by atoms with E-state index < -0.39 is 28.5 Å². The van der Waals surface area contributed by atoms with Crippen molar-refractivity contribution in [2.24, 2.45) is 0 Å². The predicted molar refractivity (Wildman–Crippen MR) is 138 cm³/mol. The summed E-state index contributed by atoms with van der Waals surface area (Å²) < 4.78 is 26.1. The molecule has 0 aliphatic heterocycles. The lowest BCUT2D eigenvalue weighted by atomic mass is 10.1. The molecule has 0 spiro atoms. The minimum absolute atomic E-state index is 0.00619. The minimum atomic E-state index is -3.93. The van der Waals surface area contributed by atoms with Crippen molar-refractivity contribution < 1.29 is 18.0 Å². The van der Waals surface area contributed by atoms with Crippen molar-refractivity contribution in [3.8, 4) is 0 Å². The van der Waals surface area contributed by atoms with Gasteiger partial charge in [-0.2, -0.15) is 0 Å². The molecule has 2 amide bonds. The molecule has 2 rings (SSSR count). The highest BCUT2D eigenvalue weighted by Gasteiger charge is 2.32. The molecule has 2 aromatic carbocycles. The summed E-state index contributed by atoms with van der Waals surface area (Å²) >= 11 is 24.4. The molecule has 0 unspecified atom stereocenters. The van der Waals surface area contributed by atoms with Crippen LogP contribution in [0, 0.1) is 0 Å². The first-order valence-corrected chi connectivity index (χ1v) is 13.7. The Morgan fingerprint density at radius 2 is 1.62 bits per heavy atom. The lowest BCUT2D eigenvalue weighted by Crippen LogP contribution is -2.52. The van der Waals surface area contributed by atoms with E-state index in [1.54, 1.807) is 32.0 Å². The van der Waals surface area contributed by atoms with E-state index in [0.717, 1.165) is 10.6 Å². The molecule has 12 heteroatoms. The first-order valence-electron chi connectivity index (χ1n) is 10.3. The van der Waals surface area contributed by atoms with Gasteiger partial charge in [0.1, 0.15) is 12.6 Å². The zero-order chi connectivity index (χ0) is 25.6. The van der Waals surface area contributed by atoms with Gasteiger partial charge in [-0.1, -0.05) is 59.4 Å². The summed E-state index contributed by atoms with van der Waals surface area (Å²) in [5, 5.41) is 3.72. The molecule has 0 heterocycles. The lowest BCUT2D eigenvalue weighted by molar-refractivity contribution is -0.140. The summed E-state index contributed by atoms with van der Waals surface area (Å²) in [5.74, 6) is -0.962. The number of carbonyl (C=O) groups excluding carboxylic acids is 2. The summed E-state index contributed by atoms with van der Waals surface area (Å²) in [5.41, 5.74) is 0.683. The standard InChI is InChI=1S/C22H25Cl4N3O4S/c1-4-19(22(31)27-5-2)28(12-14-6-8-16(24)18(26)10-14)21(30)13-29(34(3,32)33)20-11-15(23)7-9-17(20)25/h6-11,19H,4-5,12-13H2,1-3H3,(H,27,31)/t19-/m1/s1. The second-order valence-corrected chi connectivity index (χ2v) is 11.0. The van der Waals surface area contributed by atoms with Crippen LogP contribution in [-0.2, 0) is 26.2 Å². The second kappa shape index (κ2) is 12.3. The van der Waals surface area contributed by atoms with Crippen molar-refractivity contribution in [1.82, 2.24) is 10.2 Å². The van der Waals surface area contributed by atoms with Gasteiger partial charge in [0.05, 0.1) is 27.0 Å². The Balaban J connectivity index is 2.50. The van der Waals surface area contributed by atoms with Gasteiger partial charge in [0.15, 0.2) is 0 Å². The van der Waals surface area contributed by atoms with Crippen LogP contribution in [0.4, 0.5) is 5.69 Å². The molecule has 0 aliphatic rings. The number of anilines is 1. The van der Waals surface area contributed by atoms with Crippen LogP contribution in [-0.4, -0.2) is 50.5 Å². The maximum Gasteiger partial charge on any atom is 0.244 e. The number of amides is 2. The highest BCUT2D eigenvalue weighted by molar-refractivity contribution is 7.92. The van der Waals surface area contributed by atoms with Gasteiger partial charge >= 0.3 is 0 Å². The van der Waals surface area contributed by atoms with E-state index in [1.165, 1.54) is 23.1 Å². The Kier molecular flexibility index (Phi) is 10.3. The molecule has 7 nitrogen and oxygen atoms in total. The topological polar surface area (TPSA) is 86.8 Å². The van der Waals surface area contributed by atoms with Crippen molar-refractivity contribution in [1.29, 1.82) is 0 Å². The Morgan fingerprint density at radius 1 is 0.971 bits per heavy atom. The lowest BCUT2D eigenvalue weighted by Gasteiger charge is -2.33. The van der Waals surface area contributed by atoms with Crippen LogP contribution in [0.2, 0.25) is 20.1 Å². The molecule has 2 aromatic rings. The van der Waals surface area contributed by atoms with Crippen LogP contribution in [0.15, 0.2) is 36.4 Å². The third kappa shape index (κ3) is 7.39. The molecule has 0 aliphatic carbocycles. The first-order chi connectivity index (χ1) is 15.9. The van der Waals surface area contributed by atoms with Crippen molar-refractivity contribution >= 4 is 73.9 Å². The van der Waals surface area contributed by atoms with Gasteiger partial charge in [-0.3, -0.25) is 13.9 Å². The van der Waals surface area contributed by atoms with Gasteiger partial charge < -0.3 is 10.2 Å². The van der Waals surface area contributed by atoms with Gasteiger partial charge in [-0.05, 0) is 49.2 Å². The summed E-state index contributed by atoms with van der Waals surface area (Å²) in [7, 11) is -3.93.